The summed E-state index contributed by atoms with van der Waals surface area (Å²) >= 11 is 0. The van der Waals surface area contributed by atoms with Crippen LogP contribution in [0.25, 0.3) is 0 Å². The summed E-state index contributed by atoms with van der Waals surface area (Å²) in [5.41, 5.74) is 0. The van der Waals surface area contributed by atoms with Crippen LogP contribution >= 0.6 is 0 Å². The van der Waals surface area contributed by atoms with Crippen molar-refractivity contribution in [1.29, 1.82) is 0 Å². The maximum Gasteiger partial charge on any atom is 0.0688 e. The first-order valence-corrected chi connectivity index (χ1v) is 6.07. The van der Waals surface area contributed by atoms with E-state index in [1.165, 1.54) is 0 Å². The Balaban J connectivity index is 3.27. The Hall–Kier alpha value is -0.120. The summed E-state index contributed by atoms with van der Waals surface area (Å²) in [5, 5.41) is 4.43. The number of hydrogen-bond donors (Lipinski definition) is 0. The van der Waals surface area contributed by atoms with Crippen molar-refractivity contribution < 1.29 is 9.47 Å². The van der Waals surface area contributed by atoms with Crippen molar-refractivity contribution in [3.63, 3.8) is 0 Å². The maximum absolute atomic E-state index is 5.52. The molecule has 3 heteroatoms. The van der Waals surface area contributed by atoms with Crippen LogP contribution < -0.4 is 5.32 Å². The van der Waals surface area contributed by atoms with Crippen molar-refractivity contribution in [2.24, 2.45) is 0 Å². The van der Waals surface area contributed by atoms with Gasteiger partial charge in [0.05, 0.1) is 12.2 Å². The minimum Gasteiger partial charge on any atom is -0.377 e. The van der Waals surface area contributed by atoms with Gasteiger partial charge in [-0.2, -0.15) is 0 Å². The topological polar surface area (TPSA) is 32.6 Å². The minimum absolute atomic E-state index is 0.239. The normalized spacial score (nSPS) is 15.2. The van der Waals surface area contributed by atoms with Gasteiger partial charge >= 0.3 is 0 Å². The van der Waals surface area contributed by atoms with E-state index in [0.717, 1.165) is 39.1 Å². The Bertz CT molecular complexity index is 117. The highest BCUT2D eigenvalue weighted by Crippen LogP contribution is 1.94. The van der Waals surface area contributed by atoms with Crippen molar-refractivity contribution in [3.05, 3.63) is 0 Å². The smallest absolute Gasteiger partial charge is 0.0688 e. The van der Waals surface area contributed by atoms with Crippen molar-refractivity contribution in [2.75, 3.05) is 26.3 Å². The highest BCUT2D eigenvalue weighted by molar-refractivity contribution is 4.59. The fourth-order valence-electron chi connectivity index (χ4n) is 1.18. The van der Waals surface area contributed by atoms with Gasteiger partial charge in [-0.05, 0) is 26.7 Å². The standard InChI is InChI=1S/C12H26NO2/c1-5-7-14-11(3)9-13-10-12(4)15-8-6-2/h11-12H,5-10H2,1-4H3. The molecule has 0 aromatic heterocycles. The zero-order valence-corrected chi connectivity index (χ0v) is 10.7. The molecule has 0 aromatic carbocycles. The van der Waals surface area contributed by atoms with Gasteiger partial charge in [0, 0.05) is 26.3 Å². The summed E-state index contributed by atoms with van der Waals surface area (Å²) in [6.07, 6.45) is 2.62. The summed E-state index contributed by atoms with van der Waals surface area (Å²) in [6, 6.07) is 0. The van der Waals surface area contributed by atoms with E-state index in [0.29, 0.717) is 0 Å². The van der Waals surface area contributed by atoms with Gasteiger partial charge in [-0.1, -0.05) is 13.8 Å². The van der Waals surface area contributed by atoms with E-state index in [4.69, 9.17) is 9.47 Å². The van der Waals surface area contributed by atoms with Crippen molar-refractivity contribution in [2.45, 2.75) is 52.7 Å². The fourth-order valence-corrected chi connectivity index (χ4v) is 1.18. The van der Waals surface area contributed by atoms with Gasteiger partial charge in [0.1, 0.15) is 0 Å². The molecule has 3 nitrogen and oxygen atoms in total. The van der Waals surface area contributed by atoms with Crippen LogP contribution in [0.3, 0.4) is 0 Å². The van der Waals surface area contributed by atoms with Gasteiger partial charge in [0.2, 0.25) is 0 Å². The predicted octanol–water partition coefficient (Wildman–Crippen LogP) is 2.22. The highest BCUT2D eigenvalue weighted by Gasteiger charge is 2.05. The summed E-state index contributed by atoms with van der Waals surface area (Å²) < 4.78 is 11.0. The molecule has 2 unspecified atom stereocenters. The molecule has 0 aliphatic rings. The molecule has 0 amide bonds. The van der Waals surface area contributed by atoms with Gasteiger partial charge < -0.3 is 9.47 Å². The first-order valence-electron chi connectivity index (χ1n) is 6.07. The average Bonchev–Trinajstić information content (AvgIpc) is 2.23. The van der Waals surface area contributed by atoms with E-state index in [-0.39, 0.29) is 12.2 Å². The number of rotatable bonds is 10. The van der Waals surface area contributed by atoms with Gasteiger partial charge in [0.25, 0.3) is 0 Å². The molecule has 0 saturated carbocycles. The number of hydrogen-bond acceptors (Lipinski definition) is 2. The van der Waals surface area contributed by atoms with Crippen LogP contribution in [-0.2, 0) is 9.47 Å². The number of nitrogens with zero attached hydrogens (tertiary/aromatic N) is 1. The molecule has 0 aliphatic heterocycles. The lowest BCUT2D eigenvalue weighted by Gasteiger charge is -2.15. The average molecular weight is 216 g/mol. The first-order chi connectivity index (χ1) is 7.20. The molecule has 15 heavy (non-hydrogen) atoms. The molecule has 2 atom stereocenters. The van der Waals surface area contributed by atoms with E-state index >= 15 is 0 Å². The van der Waals surface area contributed by atoms with Gasteiger partial charge in [0.15, 0.2) is 0 Å². The SMILES string of the molecule is CCCOC(C)C[N]CC(C)OCCC. The zero-order chi connectivity index (χ0) is 11.5. The van der Waals surface area contributed by atoms with Crippen LogP contribution in [0, 0.1) is 0 Å². The lowest BCUT2D eigenvalue weighted by atomic mass is 10.3. The van der Waals surface area contributed by atoms with E-state index in [1.807, 2.05) is 0 Å². The predicted molar refractivity (Wildman–Crippen MR) is 63.3 cm³/mol. The van der Waals surface area contributed by atoms with Gasteiger partial charge in [-0.25, -0.2) is 5.32 Å². The zero-order valence-electron chi connectivity index (χ0n) is 10.7. The van der Waals surface area contributed by atoms with Crippen LogP contribution in [-0.4, -0.2) is 38.5 Å². The molecular weight excluding hydrogens is 190 g/mol. The third-order valence-corrected chi connectivity index (χ3v) is 1.99. The molecular formula is C12H26NO2. The summed E-state index contributed by atoms with van der Waals surface area (Å²) in [5.74, 6) is 0. The van der Waals surface area contributed by atoms with Crippen LogP contribution in [0.4, 0.5) is 0 Å². The Labute approximate surface area is 94.5 Å². The monoisotopic (exact) mass is 216 g/mol. The fraction of sp³-hybridized carbons (Fsp3) is 1.00. The van der Waals surface area contributed by atoms with E-state index in [9.17, 15) is 0 Å². The molecule has 0 N–H and O–H groups in total. The molecule has 91 valence electrons. The van der Waals surface area contributed by atoms with Crippen LogP contribution in [0.5, 0.6) is 0 Å². The summed E-state index contributed by atoms with van der Waals surface area (Å²) in [7, 11) is 0. The van der Waals surface area contributed by atoms with Crippen LogP contribution in [0.1, 0.15) is 40.5 Å². The van der Waals surface area contributed by atoms with Crippen LogP contribution in [0.2, 0.25) is 0 Å². The molecule has 0 spiro atoms. The lowest BCUT2D eigenvalue weighted by Crippen LogP contribution is -2.28. The van der Waals surface area contributed by atoms with E-state index < -0.39 is 0 Å². The maximum atomic E-state index is 5.52. The van der Waals surface area contributed by atoms with Gasteiger partial charge in [-0.15, -0.1) is 0 Å². The molecule has 0 bridgehead atoms. The summed E-state index contributed by atoms with van der Waals surface area (Å²) in [6.45, 7) is 11.6. The Kier molecular flexibility index (Phi) is 10.3. The van der Waals surface area contributed by atoms with Crippen molar-refractivity contribution in [3.8, 4) is 0 Å². The minimum atomic E-state index is 0.239. The quantitative estimate of drug-likeness (QED) is 0.561. The van der Waals surface area contributed by atoms with Crippen molar-refractivity contribution in [1.82, 2.24) is 5.32 Å². The lowest BCUT2D eigenvalue weighted by molar-refractivity contribution is 0.0483. The third-order valence-electron chi connectivity index (χ3n) is 1.99. The molecule has 0 fully saturated rings. The molecule has 0 heterocycles. The summed E-state index contributed by atoms with van der Waals surface area (Å²) in [4.78, 5) is 0. The second-order valence-electron chi connectivity index (χ2n) is 3.95. The van der Waals surface area contributed by atoms with E-state index in [2.05, 4.69) is 33.0 Å². The second kappa shape index (κ2) is 10.4. The van der Waals surface area contributed by atoms with Crippen LogP contribution in [0.15, 0.2) is 0 Å². The Morgan fingerprint density at radius 2 is 1.27 bits per heavy atom. The Morgan fingerprint density at radius 1 is 0.867 bits per heavy atom. The molecule has 0 aliphatic carbocycles. The largest absolute Gasteiger partial charge is 0.377 e. The number of ether oxygens (including phenoxy) is 2. The van der Waals surface area contributed by atoms with E-state index in [1.54, 1.807) is 0 Å². The molecule has 1 radical (unpaired) electrons. The van der Waals surface area contributed by atoms with Gasteiger partial charge in [-0.3, -0.25) is 0 Å². The highest BCUT2D eigenvalue weighted by atomic mass is 16.5. The molecule has 0 aromatic rings. The van der Waals surface area contributed by atoms with Crippen molar-refractivity contribution >= 4 is 0 Å². The second-order valence-corrected chi connectivity index (χ2v) is 3.95. The first kappa shape index (κ1) is 14.9. The Morgan fingerprint density at radius 3 is 1.60 bits per heavy atom. The molecule has 0 saturated heterocycles. The third kappa shape index (κ3) is 10.2. The molecule has 0 rings (SSSR count).